The average Bonchev–Trinajstić information content (AvgIpc) is 3.12. The van der Waals surface area contributed by atoms with Crippen molar-refractivity contribution in [2.45, 2.75) is 46.0 Å². The number of nitrogens with zero attached hydrogens (tertiary/aromatic N) is 2. The third kappa shape index (κ3) is 4.02. The number of carbonyl (C=O) groups is 4. The Morgan fingerprint density at radius 3 is 2.44 bits per heavy atom. The molecular formula is C18H23N3O5S. The zero-order valence-electron chi connectivity index (χ0n) is 15.4. The first-order valence-electron chi connectivity index (χ1n) is 9.22. The number of thiazole rings is 1. The van der Waals surface area contributed by atoms with Gasteiger partial charge in [0.25, 0.3) is 0 Å². The molecule has 27 heavy (non-hydrogen) atoms. The lowest BCUT2D eigenvalue weighted by molar-refractivity contribution is -0.140. The van der Waals surface area contributed by atoms with Gasteiger partial charge in [-0.15, -0.1) is 0 Å². The lowest BCUT2D eigenvalue weighted by Crippen LogP contribution is -2.34. The fourth-order valence-electron chi connectivity index (χ4n) is 3.68. The summed E-state index contributed by atoms with van der Waals surface area (Å²) < 4.78 is 4.95. The predicted octanol–water partition coefficient (Wildman–Crippen LogP) is 2.13. The molecule has 0 unspecified atom stereocenters. The highest BCUT2D eigenvalue weighted by atomic mass is 32.1. The molecule has 146 valence electrons. The highest BCUT2D eigenvalue weighted by molar-refractivity contribution is 7.17. The lowest BCUT2D eigenvalue weighted by atomic mass is 9.81. The summed E-state index contributed by atoms with van der Waals surface area (Å²) in [5.74, 6) is -1.52. The molecule has 0 radical (unpaired) electrons. The summed E-state index contributed by atoms with van der Waals surface area (Å²) in [5, 5.41) is 2.93. The van der Waals surface area contributed by atoms with E-state index in [0.717, 1.165) is 37.0 Å². The number of anilines is 1. The van der Waals surface area contributed by atoms with Crippen LogP contribution in [0.15, 0.2) is 0 Å². The summed E-state index contributed by atoms with van der Waals surface area (Å²) in [6.45, 7) is 3.72. The van der Waals surface area contributed by atoms with Crippen molar-refractivity contribution >= 4 is 40.2 Å². The van der Waals surface area contributed by atoms with Crippen LogP contribution in [0.25, 0.3) is 0 Å². The zero-order chi connectivity index (χ0) is 19.6. The van der Waals surface area contributed by atoms with Crippen LogP contribution in [-0.2, 0) is 19.1 Å². The van der Waals surface area contributed by atoms with E-state index in [2.05, 4.69) is 10.3 Å². The zero-order valence-corrected chi connectivity index (χ0v) is 16.3. The third-order valence-electron chi connectivity index (χ3n) is 5.00. The fourth-order valence-corrected chi connectivity index (χ4v) is 4.56. The number of amides is 3. The van der Waals surface area contributed by atoms with E-state index in [4.69, 9.17) is 4.74 Å². The Hall–Kier alpha value is -2.29. The Morgan fingerprint density at radius 2 is 1.85 bits per heavy atom. The summed E-state index contributed by atoms with van der Waals surface area (Å²) in [6.07, 6.45) is 3.46. The van der Waals surface area contributed by atoms with Crippen molar-refractivity contribution in [1.29, 1.82) is 0 Å². The molecule has 0 spiro atoms. The van der Waals surface area contributed by atoms with E-state index in [1.807, 2.05) is 0 Å². The second-order valence-corrected chi connectivity index (χ2v) is 7.78. The van der Waals surface area contributed by atoms with Crippen LogP contribution < -0.4 is 5.32 Å². The molecule has 9 heteroatoms. The molecule has 2 heterocycles. The molecule has 1 aliphatic heterocycles. The van der Waals surface area contributed by atoms with Gasteiger partial charge in [-0.1, -0.05) is 24.2 Å². The van der Waals surface area contributed by atoms with E-state index < -0.39 is 5.97 Å². The van der Waals surface area contributed by atoms with Gasteiger partial charge in [0, 0.05) is 13.0 Å². The van der Waals surface area contributed by atoms with Gasteiger partial charge in [-0.05, 0) is 26.7 Å². The Bertz CT molecular complexity index is 751. The van der Waals surface area contributed by atoms with Gasteiger partial charge in [-0.3, -0.25) is 19.3 Å². The minimum atomic E-state index is -0.469. The molecule has 0 bridgehead atoms. The van der Waals surface area contributed by atoms with Crippen molar-refractivity contribution in [2.75, 3.05) is 18.5 Å². The number of aromatic nitrogens is 1. The van der Waals surface area contributed by atoms with Crippen molar-refractivity contribution in [3.63, 3.8) is 0 Å². The summed E-state index contributed by atoms with van der Waals surface area (Å²) in [5.41, 5.74) is 0.489. The maximum Gasteiger partial charge on any atom is 0.350 e. The van der Waals surface area contributed by atoms with Crippen molar-refractivity contribution < 1.29 is 23.9 Å². The van der Waals surface area contributed by atoms with Crippen LogP contribution >= 0.6 is 11.3 Å². The number of rotatable bonds is 6. The Morgan fingerprint density at radius 1 is 1.22 bits per heavy atom. The number of imide groups is 1. The molecule has 2 aliphatic rings. The van der Waals surface area contributed by atoms with Gasteiger partial charge in [-0.2, -0.15) is 0 Å². The molecule has 8 nitrogen and oxygen atoms in total. The third-order valence-corrected chi connectivity index (χ3v) is 6.05. The highest BCUT2D eigenvalue weighted by Gasteiger charge is 2.47. The van der Waals surface area contributed by atoms with Crippen molar-refractivity contribution in [1.82, 2.24) is 9.88 Å². The fraction of sp³-hybridized carbons (Fsp3) is 0.611. The Kier molecular flexibility index (Phi) is 5.88. The number of carbonyl (C=O) groups excluding carboxylic acids is 4. The van der Waals surface area contributed by atoms with Crippen LogP contribution in [0.3, 0.4) is 0 Å². The van der Waals surface area contributed by atoms with E-state index >= 15 is 0 Å². The molecule has 1 N–H and O–H groups in total. The van der Waals surface area contributed by atoms with Crippen LogP contribution in [0, 0.1) is 18.8 Å². The largest absolute Gasteiger partial charge is 0.462 e. The van der Waals surface area contributed by atoms with Gasteiger partial charge in [0.1, 0.15) is 4.88 Å². The second-order valence-electron chi connectivity index (χ2n) is 6.78. The number of ether oxygens (including phenoxy) is 1. The normalized spacial score (nSPS) is 21.9. The van der Waals surface area contributed by atoms with Gasteiger partial charge in [0.15, 0.2) is 5.13 Å². The number of nitrogens with one attached hydrogen (secondary N) is 1. The van der Waals surface area contributed by atoms with Gasteiger partial charge < -0.3 is 10.1 Å². The van der Waals surface area contributed by atoms with E-state index in [9.17, 15) is 19.2 Å². The minimum Gasteiger partial charge on any atom is -0.462 e. The number of hydrogen-bond donors (Lipinski definition) is 1. The number of hydrogen-bond acceptors (Lipinski definition) is 7. The van der Waals surface area contributed by atoms with E-state index in [-0.39, 0.29) is 49.1 Å². The van der Waals surface area contributed by atoms with Crippen LogP contribution in [-0.4, -0.2) is 46.7 Å². The van der Waals surface area contributed by atoms with Crippen LogP contribution in [0.4, 0.5) is 5.13 Å². The number of likely N-dealkylation sites (tertiary alicyclic amines) is 1. The van der Waals surface area contributed by atoms with Crippen molar-refractivity contribution in [3.8, 4) is 0 Å². The maximum absolute atomic E-state index is 12.4. The number of aryl methyl sites for hydroxylation is 1. The summed E-state index contributed by atoms with van der Waals surface area (Å²) in [4.78, 5) is 54.6. The summed E-state index contributed by atoms with van der Waals surface area (Å²) in [7, 11) is 0. The lowest BCUT2D eigenvalue weighted by Gasteiger charge is -2.19. The average molecular weight is 393 g/mol. The molecular weight excluding hydrogens is 370 g/mol. The number of esters is 1. The van der Waals surface area contributed by atoms with E-state index in [0.29, 0.717) is 15.7 Å². The molecule has 1 aliphatic carbocycles. The first kappa shape index (κ1) is 19.5. The molecule has 2 fully saturated rings. The second kappa shape index (κ2) is 8.16. The van der Waals surface area contributed by atoms with Crippen LogP contribution in [0.2, 0.25) is 0 Å². The van der Waals surface area contributed by atoms with Gasteiger partial charge in [0.2, 0.25) is 17.7 Å². The SMILES string of the molecule is CCOC(=O)c1sc(NC(=O)CCN2C(=O)[C@H]3CCCC[C@@H]3C2=O)nc1C. The first-order chi connectivity index (χ1) is 12.9. The van der Waals surface area contributed by atoms with Gasteiger partial charge in [0.05, 0.1) is 24.1 Å². The van der Waals surface area contributed by atoms with Crippen molar-refractivity contribution in [3.05, 3.63) is 10.6 Å². The summed E-state index contributed by atoms with van der Waals surface area (Å²) in [6, 6.07) is 0. The monoisotopic (exact) mass is 393 g/mol. The molecule has 2 atom stereocenters. The van der Waals surface area contributed by atoms with Gasteiger partial charge >= 0.3 is 5.97 Å². The minimum absolute atomic E-state index is 0.00425. The molecule has 1 aromatic heterocycles. The molecule has 1 aromatic rings. The van der Waals surface area contributed by atoms with Crippen LogP contribution in [0.1, 0.15) is 54.4 Å². The van der Waals surface area contributed by atoms with E-state index in [1.165, 1.54) is 4.90 Å². The molecule has 0 aromatic carbocycles. The smallest absolute Gasteiger partial charge is 0.350 e. The van der Waals surface area contributed by atoms with Crippen LogP contribution in [0.5, 0.6) is 0 Å². The molecule has 1 saturated heterocycles. The molecule has 3 amide bonds. The number of fused-ring (bicyclic) bond motifs is 1. The van der Waals surface area contributed by atoms with Gasteiger partial charge in [-0.25, -0.2) is 9.78 Å². The summed E-state index contributed by atoms with van der Waals surface area (Å²) >= 11 is 1.05. The Balaban J connectivity index is 1.56. The maximum atomic E-state index is 12.4. The Labute approximate surface area is 161 Å². The molecule has 3 rings (SSSR count). The standard InChI is InChI=1S/C18H23N3O5S/c1-3-26-17(25)14-10(2)19-18(27-14)20-13(22)8-9-21-15(23)11-6-4-5-7-12(11)16(21)24/h11-12H,3-9H2,1-2H3,(H,19,20,22)/t11-,12-/m0/s1. The highest BCUT2D eigenvalue weighted by Crippen LogP contribution is 2.38. The predicted molar refractivity (Wildman–Crippen MR) is 98.2 cm³/mol. The quantitative estimate of drug-likeness (QED) is 0.586. The topological polar surface area (TPSA) is 106 Å². The molecule has 1 saturated carbocycles. The first-order valence-corrected chi connectivity index (χ1v) is 10.0. The van der Waals surface area contributed by atoms with E-state index in [1.54, 1.807) is 13.8 Å². The van der Waals surface area contributed by atoms with Crippen molar-refractivity contribution in [2.24, 2.45) is 11.8 Å².